The van der Waals surface area contributed by atoms with E-state index in [1.807, 2.05) is 18.2 Å². The molecule has 4 rings (SSSR count). The monoisotopic (exact) mass is 494 g/mol. The first kappa shape index (κ1) is 23.5. The summed E-state index contributed by atoms with van der Waals surface area (Å²) in [6, 6.07) is 5.72. The van der Waals surface area contributed by atoms with E-state index in [4.69, 9.17) is 28.9 Å². The number of nitrogens with zero attached hydrogens (tertiary/aromatic N) is 2. The second-order valence-electron chi connectivity index (χ2n) is 8.77. The molecule has 0 spiro atoms. The van der Waals surface area contributed by atoms with Crippen molar-refractivity contribution < 1.29 is 9.59 Å². The molecule has 2 amide bonds. The van der Waals surface area contributed by atoms with Gasteiger partial charge in [-0.05, 0) is 48.4 Å². The number of carbonyl (C=O) groups is 2. The normalized spacial score (nSPS) is 19.5. The van der Waals surface area contributed by atoms with Crippen molar-refractivity contribution in [2.75, 3.05) is 38.0 Å². The summed E-state index contributed by atoms with van der Waals surface area (Å²) in [5.41, 5.74) is 8.33. The lowest BCUT2D eigenvalue weighted by Gasteiger charge is -2.34. The van der Waals surface area contributed by atoms with E-state index in [2.05, 4.69) is 22.0 Å². The standard InChI is InChI=1S/C23H28Cl2N4O2S/c1-14-2-4-16-19(10-14)32-23(21(16)22(26)31)27-20(30)13-29-8-6-28(7-9-29)12-15-3-5-17(24)18(25)11-15/h3,5,11,14H,2,4,6-10,12-13H2,1H3,(H2,26,31)(H,27,30)/t14-/m1/s1. The van der Waals surface area contributed by atoms with Crippen LogP contribution in [0.3, 0.4) is 0 Å². The van der Waals surface area contributed by atoms with Crippen molar-refractivity contribution in [1.29, 1.82) is 0 Å². The smallest absolute Gasteiger partial charge is 0.251 e. The van der Waals surface area contributed by atoms with Gasteiger partial charge >= 0.3 is 0 Å². The zero-order valence-corrected chi connectivity index (χ0v) is 20.5. The van der Waals surface area contributed by atoms with Crippen LogP contribution in [-0.4, -0.2) is 54.3 Å². The third-order valence-corrected chi connectivity index (χ3v) is 8.14. The molecular weight excluding hydrogens is 467 g/mol. The summed E-state index contributed by atoms with van der Waals surface area (Å²) < 4.78 is 0. The molecule has 1 aromatic carbocycles. The van der Waals surface area contributed by atoms with E-state index in [1.54, 1.807) is 0 Å². The molecule has 9 heteroatoms. The van der Waals surface area contributed by atoms with Gasteiger partial charge in [-0.15, -0.1) is 11.3 Å². The van der Waals surface area contributed by atoms with Crippen molar-refractivity contribution in [3.05, 3.63) is 49.8 Å². The highest BCUT2D eigenvalue weighted by atomic mass is 35.5. The number of hydrogen-bond acceptors (Lipinski definition) is 5. The van der Waals surface area contributed by atoms with Crippen LogP contribution in [0.1, 0.15) is 39.7 Å². The zero-order valence-electron chi connectivity index (χ0n) is 18.1. The Morgan fingerprint density at radius 3 is 2.56 bits per heavy atom. The zero-order chi connectivity index (χ0) is 22.8. The van der Waals surface area contributed by atoms with Gasteiger partial charge in [0.25, 0.3) is 5.91 Å². The van der Waals surface area contributed by atoms with Gasteiger partial charge in [0.15, 0.2) is 0 Å². The molecule has 3 N–H and O–H groups in total. The Bertz CT molecular complexity index is 1020. The Balaban J connectivity index is 1.31. The molecule has 0 bridgehead atoms. The summed E-state index contributed by atoms with van der Waals surface area (Å²) in [6.07, 6.45) is 2.84. The van der Waals surface area contributed by atoms with Gasteiger partial charge in [-0.2, -0.15) is 0 Å². The van der Waals surface area contributed by atoms with Crippen molar-refractivity contribution >= 4 is 51.4 Å². The van der Waals surface area contributed by atoms with Crippen LogP contribution in [0.25, 0.3) is 0 Å². The third kappa shape index (κ3) is 5.46. The average Bonchev–Trinajstić information content (AvgIpc) is 3.09. The van der Waals surface area contributed by atoms with Crippen LogP contribution >= 0.6 is 34.5 Å². The molecule has 32 heavy (non-hydrogen) atoms. The number of halogens is 2. The van der Waals surface area contributed by atoms with E-state index in [0.717, 1.165) is 63.1 Å². The number of nitrogens with one attached hydrogen (secondary N) is 1. The number of primary amides is 1. The number of hydrogen-bond donors (Lipinski definition) is 2. The minimum absolute atomic E-state index is 0.0999. The molecule has 0 unspecified atom stereocenters. The van der Waals surface area contributed by atoms with Crippen molar-refractivity contribution in [2.45, 2.75) is 32.7 Å². The Labute approximate surface area is 202 Å². The lowest BCUT2D eigenvalue weighted by Crippen LogP contribution is -2.48. The maximum Gasteiger partial charge on any atom is 0.251 e. The van der Waals surface area contributed by atoms with Crippen molar-refractivity contribution in [2.24, 2.45) is 11.7 Å². The average molecular weight is 495 g/mol. The predicted molar refractivity (Wildman–Crippen MR) is 131 cm³/mol. The summed E-state index contributed by atoms with van der Waals surface area (Å²) in [4.78, 5) is 30.5. The molecule has 1 aliphatic carbocycles. The van der Waals surface area contributed by atoms with E-state index in [0.29, 0.717) is 33.1 Å². The molecule has 2 aromatic rings. The molecule has 1 aromatic heterocycles. The van der Waals surface area contributed by atoms with Crippen molar-refractivity contribution in [3.63, 3.8) is 0 Å². The van der Waals surface area contributed by atoms with Crippen LogP contribution in [-0.2, 0) is 24.2 Å². The van der Waals surface area contributed by atoms with Crippen LogP contribution in [0.2, 0.25) is 10.0 Å². The Kier molecular flexibility index (Phi) is 7.42. The predicted octanol–water partition coefficient (Wildman–Crippen LogP) is 4.03. The highest BCUT2D eigenvalue weighted by molar-refractivity contribution is 7.17. The molecule has 2 aliphatic rings. The number of nitrogens with two attached hydrogens (primary N) is 1. The van der Waals surface area contributed by atoms with Crippen LogP contribution in [0.5, 0.6) is 0 Å². The van der Waals surface area contributed by atoms with Gasteiger partial charge in [0.05, 0.1) is 22.2 Å². The van der Waals surface area contributed by atoms with Gasteiger partial charge in [-0.1, -0.05) is 36.2 Å². The highest BCUT2D eigenvalue weighted by Gasteiger charge is 2.28. The maximum atomic E-state index is 12.7. The fourth-order valence-corrected chi connectivity index (χ4v) is 6.22. The molecule has 6 nitrogen and oxygen atoms in total. The second kappa shape index (κ2) is 10.1. The molecule has 2 heterocycles. The number of benzene rings is 1. The van der Waals surface area contributed by atoms with Gasteiger partial charge in [0, 0.05) is 37.6 Å². The minimum atomic E-state index is -0.455. The summed E-state index contributed by atoms with van der Waals surface area (Å²) in [5, 5.41) is 4.71. The summed E-state index contributed by atoms with van der Waals surface area (Å²) in [7, 11) is 0. The third-order valence-electron chi connectivity index (χ3n) is 6.23. The van der Waals surface area contributed by atoms with E-state index in [9.17, 15) is 9.59 Å². The SMILES string of the molecule is C[C@@H]1CCc2c(sc(NC(=O)CN3CCN(Cc4ccc(Cl)c(Cl)c4)CC3)c2C(N)=O)C1. The van der Waals surface area contributed by atoms with E-state index in [-0.39, 0.29) is 5.91 Å². The van der Waals surface area contributed by atoms with Crippen molar-refractivity contribution in [1.82, 2.24) is 9.80 Å². The lowest BCUT2D eigenvalue weighted by atomic mass is 9.88. The van der Waals surface area contributed by atoms with Crippen LogP contribution < -0.4 is 11.1 Å². The number of amides is 2. The Hall–Kier alpha value is -1.64. The molecule has 1 fully saturated rings. The van der Waals surface area contributed by atoms with Crippen molar-refractivity contribution in [3.8, 4) is 0 Å². The summed E-state index contributed by atoms with van der Waals surface area (Å²) in [6.45, 7) is 6.66. The number of piperazine rings is 1. The largest absolute Gasteiger partial charge is 0.365 e. The van der Waals surface area contributed by atoms with Crippen LogP contribution in [0.15, 0.2) is 18.2 Å². The Morgan fingerprint density at radius 2 is 1.88 bits per heavy atom. The molecule has 0 radical (unpaired) electrons. The lowest BCUT2D eigenvalue weighted by molar-refractivity contribution is -0.117. The van der Waals surface area contributed by atoms with Crippen LogP contribution in [0, 0.1) is 5.92 Å². The van der Waals surface area contributed by atoms with E-state index in [1.165, 1.54) is 16.2 Å². The summed E-state index contributed by atoms with van der Waals surface area (Å²) >= 11 is 13.6. The number of thiophene rings is 1. The quantitative estimate of drug-likeness (QED) is 0.634. The topological polar surface area (TPSA) is 78.7 Å². The molecule has 1 aliphatic heterocycles. The maximum absolute atomic E-state index is 12.7. The van der Waals surface area contributed by atoms with Gasteiger partial charge < -0.3 is 11.1 Å². The number of carbonyl (C=O) groups excluding carboxylic acids is 2. The van der Waals surface area contributed by atoms with Gasteiger partial charge in [-0.25, -0.2) is 0 Å². The minimum Gasteiger partial charge on any atom is -0.365 e. The highest BCUT2D eigenvalue weighted by Crippen LogP contribution is 2.39. The number of anilines is 1. The molecular formula is C23H28Cl2N4O2S. The first-order chi connectivity index (χ1) is 15.3. The fraction of sp³-hybridized carbons (Fsp3) is 0.478. The molecule has 0 saturated carbocycles. The Morgan fingerprint density at radius 1 is 1.16 bits per heavy atom. The second-order valence-corrected chi connectivity index (χ2v) is 10.7. The number of rotatable bonds is 6. The molecule has 172 valence electrons. The molecule has 1 saturated heterocycles. The summed E-state index contributed by atoms with van der Waals surface area (Å²) in [5.74, 6) is 0.0333. The molecule has 1 atom stereocenters. The fourth-order valence-electron chi connectivity index (χ4n) is 4.47. The number of fused-ring (bicyclic) bond motifs is 1. The first-order valence-corrected chi connectivity index (χ1v) is 12.5. The van der Waals surface area contributed by atoms with Crippen LogP contribution in [0.4, 0.5) is 5.00 Å². The van der Waals surface area contributed by atoms with E-state index < -0.39 is 5.91 Å². The first-order valence-electron chi connectivity index (χ1n) is 10.9. The van der Waals surface area contributed by atoms with E-state index >= 15 is 0 Å². The van der Waals surface area contributed by atoms with Gasteiger partial charge in [0.2, 0.25) is 5.91 Å². The van der Waals surface area contributed by atoms with Gasteiger partial charge in [0.1, 0.15) is 5.00 Å². The van der Waals surface area contributed by atoms with Gasteiger partial charge in [-0.3, -0.25) is 19.4 Å².